The van der Waals surface area contributed by atoms with Crippen molar-refractivity contribution in [1.82, 2.24) is 29.7 Å². The highest BCUT2D eigenvalue weighted by Gasteiger charge is 2.18. The Bertz CT molecular complexity index is 822. The summed E-state index contributed by atoms with van der Waals surface area (Å²) in [4.78, 5) is 18.6. The van der Waals surface area contributed by atoms with Crippen molar-refractivity contribution in [3.63, 3.8) is 0 Å². The molecule has 0 saturated carbocycles. The van der Waals surface area contributed by atoms with Gasteiger partial charge in [-0.05, 0) is 31.4 Å². The maximum atomic E-state index is 12.4. The molecule has 1 saturated heterocycles. The van der Waals surface area contributed by atoms with Gasteiger partial charge in [0.05, 0.1) is 12.1 Å². The summed E-state index contributed by atoms with van der Waals surface area (Å²) in [6.07, 6.45) is 5.44. The lowest BCUT2D eigenvalue weighted by atomic mass is 10.1. The molecular formula is C15H16N6OS. The summed E-state index contributed by atoms with van der Waals surface area (Å²) in [5.74, 6) is 0.752. The molecule has 0 atom stereocenters. The van der Waals surface area contributed by atoms with Gasteiger partial charge in [-0.15, -0.1) is 21.5 Å². The van der Waals surface area contributed by atoms with Gasteiger partial charge in [-0.1, -0.05) is 0 Å². The Kier molecular flexibility index (Phi) is 3.74. The Hall–Kier alpha value is -2.35. The second-order valence-corrected chi connectivity index (χ2v) is 6.47. The van der Waals surface area contributed by atoms with Crippen LogP contribution in [-0.2, 0) is 11.2 Å². The number of hydrogen-bond acceptors (Lipinski definition) is 6. The third kappa shape index (κ3) is 2.81. The van der Waals surface area contributed by atoms with E-state index in [0.29, 0.717) is 17.9 Å². The quantitative estimate of drug-likeness (QED) is 0.733. The zero-order valence-electron chi connectivity index (χ0n) is 12.6. The molecule has 7 nitrogen and oxygen atoms in total. The van der Waals surface area contributed by atoms with Gasteiger partial charge in [-0.3, -0.25) is 4.79 Å². The van der Waals surface area contributed by atoms with Crippen LogP contribution >= 0.6 is 11.3 Å². The Morgan fingerprint density at radius 1 is 1.17 bits per heavy atom. The number of amides is 1. The minimum atomic E-state index is 0.139. The third-order valence-corrected chi connectivity index (χ3v) is 4.75. The van der Waals surface area contributed by atoms with E-state index in [9.17, 15) is 4.79 Å². The molecule has 0 unspecified atom stereocenters. The molecule has 4 rings (SSSR count). The molecule has 1 aliphatic heterocycles. The van der Waals surface area contributed by atoms with Gasteiger partial charge in [0, 0.05) is 24.7 Å². The fraction of sp³-hybridized carbons (Fsp3) is 0.400. The summed E-state index contributed by atoms with van der Waals surface area (Å²) >= 11 is 1.49. The van der Waals surface area contributed by atoms with Crippen LogP contribution < -0.4 is 0 Å². The molecule has 0 bridgehead atoms. The molecule has 3 aromatic rings. The Morgan fingerprint density at radius 2 is 2.04 bits per heavy atom. The molecule has 0 aliphatic carbocycles. The first-order chi connectivity index (χ1) is 11.3. The van der Waals surface area contributed by atoms with Crippen LogP contribution in [0.1, 0.15) is 25.0 Å². The Balaban J connectivity index is 1.60. The summed E-state index contributed by atoms with van der Waals surface area (Å²) in [6.45, 7) is 1.72. The number of likely N-dealkylation sites (tertiary alicyclic amines) is 1. The van der Waals surface area contributed by atoms with Gasteiger partial charge in [0.15, 0.2) is 10.7 Å². The number of hydrogen-bond donors (Lipinski definition) is 0. The number of piperidine rings is 1. The first-order valence-electron chi connectivity index (χ1n) is 7.70. The van der Waals surface area contributed by atoms with Gasteiger partial charge in [-0.2, -0.15) is 9.61 Å². The molecule has 1 fully saturated rings. The van der Waals surface area contributed by atoms with Gasteiger partial charge in [0.1, 0.15) is 0 Å². The van der Waals surface area contributed by atoms with Gasteiger partial charge in [0.2, 0.25) is 11.7 Å². The third-order valence-electron chi connectivity index (χ3n) is 3.98. The predicted molar refractivity (Wildman–Crippen MR) is 86.0 cm³/mol. The highest BCUT2D eigenvalue weighted by molar-refractivity contribution is 7.13. The number of carbonyl (C=O) groups excluding carboxylic acids is 1. The van der Waals surface area contributed by atoms with E-state index in [1.54, 1.807) is 10.7 Å². The average Bonchev–Trinajstić information content (AvgIpc) is 3.24. The van der Waals surface area contributed by atoms with E-state index in [-0.39, 0.29) is 5.91 Å². The fourth-order valence-electron chi connectivity index (χ4n) is 2.80. The van der Waals surface area contributed by atoms with Crippen molar-refractivity contribution < 1.29 is 4.79 Å². The van der Waals surface area contributed by atoms with E-state index >= 15 is 0 Å². The van der Waals surface area contributed by atoms with Crippen LogP contribution in [0.3, 0.4) is 0 Å². The van der Waals surface area contributed by atoms with Crippen LogP contribution in [0.2, 0.25) is 0 Å². The molecule has 118 valence electrons. The lowest BCUT2D eigenvalue weighted by Crippen LogP contribution is -2.36. The van der Waals surface area contributed by atoms with E-state index < -0.39 is 0 Å². The first kappa shape index (κ1) is 14.3. The second-order valence-electron chi connectivity index (χ2n) is 5.57. The molecule has 3 aromatic heterocycles. The van der Waals surface area contributed by atoms with Gasteiger partial charge in [0.25, 0.3) is 0 Å². The van der Waals surface area contributed by atoms with E-state index in [0.717, 1.165) is 36.6 Å². The van der Waals surface area contributed by atoms with E-state index in [1.165, 1.54) is 17.8 Å². The fourth-order valence-corrected chi connectivity index (χ4v) is 3.40. The topological polar surface area (TPSA) is 76.3 Å². The number of aromatic nitrogens is 5. The summed E-state index contributed by atoms with van der Waals surface area (Å²) in [6, 6.07) is 3.69. The normalized spacial score (nSPS) is 15.2. The van der Waals surface area contributed by atoms with Crippen molar-refractivity contribution >= 4 is 22.9 Å². The number of thiazole rings is 1. The van der Waals surface area contributed by atoms with Crippen LogP contribution in [0.5, 0.6) is 0 Å². The van der Waals surface area contributed by atoms with E-state index in [4.69, 9.17) is 0 Å². The molecule has 0 N–H and O–H groups in total. The maximum Gasteiger partial charge on any atom is 0.228 e. The van der Waals surface area contributed by atoms with Crippen molar-refractivity contribution in [1.29, 1.82) is 0 Å². The SMILES string of the molecule is O=C(Cc1ccc2nnc(-c3nccs3)n2n1)N1CCCCC1. The van der Waals surface area contributed by atoms with Gasteiger partial charge in [-0.25, -0.2) is 4.98 Å². The van der Waals surface area contributed by atoms with Gasteiger partial charge >= 0.3 is 0 Å². The standard InChI is InChI=1S/C15H16N6OS/c22-13(20-7-2-1-3-8-20)10-11-4-5-12-17-18-14(21(12)19-11)15-16-6-9-23-15/h4-6,9H,1-3,7-8,10H2. The molecule has 8 heteroatoms. The van der Waals surface area contributed by atoms with E-state index in [1.807, 2.05) is 22.4 Å². The smallest absolute Gasteiger partial charge is 0.228 e. The van der Waals surface area contributed by atoms with Crippen molar-refractivity contribution in [2.45, 2.75) is 25.7 Å². The highest BCUT2D eigenvalue weighted by atomic mass is 32.1. The molecule has 0 radical (unpaired) electrons. The van der Waals surface area contributed by atoms with Crippen LogP contribution in [0.4, 0.5) is 0 Å². The molecule has 1 aliphatic rings. The monoisotopic (exact) mass is 328 g/mol. The Labute approximate surface area is 137 Å². The van der Waals surface area contributed by atoms with Crippen molar-refractivity contribution in [2.75, 3.05) is 13.1 Å². The molecule has 23 heavy (non-hydrogen) atoms. The first-order valence-corrected chi connectivity index (χ1v) is 8.58. The van der Waals surface area contributed by atoms with E-state index in [2.05, 4.69) is 20.3 Å². The second kappa shape index (κ2) is 6.04. The molecular weight excluding hydrogens is 312 g/mol. The lowest BCUT2D eigenvalue weighted by Gasteiger charge is -2.26. The van der Waals surface area contributed by atoms with Crippen LogP contribution in [0.25, 0.3) is 16.5 Å². The molecule has 1 amide bonds. The minimum Gasteiger partial charge on any atom is -0.342 e. The Morgan fingerprint density at radius 3 is 2.83 bits per heavy atom. The highest BCUT2D eigenvalue weighted by Crippen LogP contribution is 2.20. The number of carbonyl (C=O) groups is 1. The largest absolute Gasteiger partial charge is 0.342 e. The van der Waals surface area contributed by atoms with Crippen molar-refractivity contribution in [2.24, 2.45) is 0 Å². The van der Waals surface area contributed by atoms with Crippen LogP contribution in [0.15, 0.2) is 23.7 Å². The number of nitrogens with zero attached hydrogens (tertiary/aromatic N) is 6. The maximum absolute atomic E-state index is 12.4. The van der Waals surface area contributed by atoms with Crippen molar-refractivity contribution in [3.05, 3.63) is 29.4 Å². The zero-order chi connectivity index (χ0) is 15.6. The predicted octanol–water partition coefficient (Wildman–Crippen LogP) is 1.80. The van der Waals surface area contributed by atoms with Crippen molar-refractivity contribution in [3.8, 4) is 10.8 Å². The summed E-state index contributed by atoms with van der Waals surface area (Å²) in [5, 5.41) is 15.5. The summed E-state index contributed by atoms with van der Waals surface area (Å²) in [7, 11) is 0. The number of fused-ring (bicyclic) bond motifs is 1. The summed E-state index contributed by atoms with van der Waals surface area (Å²) < 4.78 is 1.66. The lowest BCUT2D eigenvalue weighted by molar-refractivity contribution is -0.131. The average molecular weight is 328 g/mol. The zero-order valence-corrected chi connectivity index (χ0v) is 13.4. The van der Waals surface area contributed by atoms with Crippen LogP contribution in [0, 0.1) is 0 Å². The summed E-state index contributed by atoms with van der Waals surface area (Å²) in [5.41, 5.74) is 1.38. The number of rotatable bonds is 3. The molecule has 4 heterocycles. The minimum absolute atomic E-state index is 0.139. The molecule has 0 spiro atoms. The molecule has 0 aromatic carbocycles. The van der Waals surface area contributed by atoms with Crippen LogP contribution in [-0.4, -0.2) is 48.7 Å². The van der Waals surface area contributed by atoms with Gasteiger partial charge < -0.3 is 4.90 Å².